The zero-order chi connectivity index (χ0) is 19.3. The van der Waals surface area contributed by atoms with Gasteiger partial charge in [0.1, 0.15) is 4.90 Å². The number of nitrogens with zero attached hydrogens (tertiary/aromatic N) is 1. The van der Waals surface area contributed by atoms with Gasteiger partial charge >= 0.3 is 0 Å². The van der Waals surface area contributed by atoms with Crippen LogP contribution in [-0.4, -0.2) is 25.4 Å². The van der Waals surface area contributed by atoms with Gasteiger partial charge in [0.2, 0.25) is 15.9 Å². The van der Waals surface area contributed by atoms with Gasteiger partial charge < -0.3 is 9.88 Å². The Balaban J connectivity index is 1.97. The van der Waals surface area contributed by atoms with Crippen LogP contribution < -0.4 is 10.5 Å². The van der Waals surface area contributed by atoms with Crippen molar-refractivity contribution in [2.24, 2.45) is 5.14 Å². The van der Waals surface area contributed by atoms with Gasteiger partial charge in [0.05, 0.1) is 16.2 Å². The maximum atomic E-state index is 11.9. The highest BCUT2D eigenvalue weighted by atomic mass is 35.5. The summed E-state index contributed by atoms with van der Waals surface area (Å²) in [5.74, 6) is -0.108. The Morgan fingerprint density at radius 3 is 2.74 bits per heavy atom. The van der Waals surface area contributed by atoms with Crippen molar-refractivity contribution < 1.29 is 13.2 Å². The number of carbonyl (C=O) groups is 1. The fourth-order valence-corrected chi connectivity index (χ4v) is 4.88. The topological polar surface area (TPSA) is 94.2 Å². The molecule has 1 aliphatic heterocycles. The Morgan fingerprint density at radius 2 is 2.04 bits per heavy atom. The van der Waals surface area contributed by atoms with Gasteiger partial charge in [-0.25, -0.2) is 13.6 Å². The number of sulfonamides is 1. The third-order valence-corrected chi connectivity index (χ3v) is 6.25. The molecule has 1 amide bonds. The van der Waals surface area contributed by atoms with Gasteiger partial charge in [0.15, 0.2) is 0 Å². The normalized spacial score (nSPS) is 12.9. The fourth-order valence-electron chi connectivity index (χ4n) is 3.79. The smallest absolute Gasteiger partial charge is 0.239 e. The third kappa shape index (κ3) is 3.01. The second-order valence-corrected chi connectivity index (χ2v) is 8.59. The number of aromatic nitrogens is 1. The highest BCUT2D eigenvalue weighted by molar-refractivity contribution is 7.89. The van der Waals surface area contributed by atoms with E-state index in [1.165, 1.54) is 12.5 Å². The van der Waals surface area contributed by atoms with Crippen LogP contribution in [0.4, 0.5) is 0 Å². The number of nitrogens with one attached hydrogen (secondary N) is 1. The number of benzene rings is 2. The molecule has 0 spiro atoms. The lowest BCUT2D eigenvalue weighted by Crippen LogP contribution is -2.22. The number of amides is 1. The molecule has 2 aromatic carbocycles. The van der Waals surface area contributed by atoms with Gasteiger partial charge in [-0.05, 0) is 29.7 Å². The maximum Gasteiger partial charge on any atom is 0.239 e. The predicted molar refractivity (Wildman–Crippen MR) is 105 cm³/mol. The molecule has 0 saturated heterocycles. The van der Waals surface area contributed by atoms with Crippen LogP contribution in [0, 0.1) is 0 Å². The van der Waals surface area contributed by atoms with E-state index in [4.69, 9.17) is 16.7 Å². The molecule has 6 nitrogen and oxygen atoms in total. The van der Waals surface area contributed by atoms with E-state index in [1.807, 2.05) is 12.1 Å². The van der Waals surface area contributed by atoms with Crippen LogP contribution in [0.5, 0.6) is 0 Å². The Bertz CT molecular complexity index is 1200. The van der Waals surface area contributed by atoms with Crippen LogP contribution in [0.25, 0.3) is 22.2 Å². The summed E-state index contributed by atoms with van der Waals surface area (Å²) in [6, 6.07) is 11.3. The molecular weight excluding hydrogens is 386 g/mol. The summed E-state index contributed by atoms with van der Waals surface area (Å²) in [5, 5.41) is 9.03. The van der Waals surface area contributed by atoms with Crippen molar-refractivity contribution in [1.29, 1.82) is 0 Å². The third-order valence-electron chi connectivity index (χ3n) is 4.88. The summed E-state index contributed by atoms with van der Waals surface area (Å²) in [4.78, 5) is 11.2. The lowest BCUT2D eigenvalue weighted by Gasteiger charge is -2.07. The first-order chi connectivity index (χ1) is 12.8. The minimum absolute atomic E-state index is 0.0880. The molecule has 3 N–H and O–H groups in total. The van der Waals surface area contributed by atoms with E-state index in [2.05, 4.69) is 22.0 Å². The molecule has 4 rings (SSSR count). The molecule has 0 fully saturated rings. The van der Waals surface area contributed by atoms with Gasteiger partial charge in [-0.1, -0.05) is 35.9 Å². The second kappa shape index (κ2) is 6.37. The summed E-state index contributed by atoms with van der Waals surface area (Å²) in [6.45, 7) is 2.61. The number of rotatable bonds is 4. The number of fused-ring (bicyclic) bond motifs is 5. The highest BCUT2D eigenvalue weighted by Crippen LogP contribution is 2.42. The molecule has 27 heavy (non-hydrogen) atoms. The minimum Gasteiger partial charge on any atom is -0.356 e. The van der Waals surface area contributed by atoms with Gasteiger partial charge in [0, 0.05) is 31.0 Å². The molecule has 0 atom stereocenters. The Morgan fingerprint density at radius 1 is 1.30 bits per heavy atom. The Labute approximate surface area is 162 Å². The van der Waals surface area contributed by atoms with Crippen molar-refractivity contribution in [2.75, 3.05) is 6.54 Å². The van der Waals surface area contributed by atoms with E-state index in [9.17, 15) is 13.2 Å². The SMILES string of the molecule is CC(=O)NCCc1c2n(c3cc(Cl)c(S(N)(=O)=O)cc13)Cc1ccccc1-2. The molecule has 140 valence electrons. The molecule has 0 unspecified atom stereocenters. The summed E-state index contributed by atoms with van der Waals surface area (Å²) in [6.07, 6.45) is 0.568. The molecule has 8 heteroatoms. The van der Waals surface area contributed by atoms with Crippen molar-refractivity contribution in [3.05, 3.63) is 52.5 Å². The van der Waals surface area contributed by atoms with Crippen LogP contribution >= 0.6 is 11.6 Å². The molecule has 2 heterocycles. The lowest BCUT2D eigenvalue weighted by atomic mass is 10.0. The van der Waals surface area contributed by atoms with Crippen molar-refractivity contribution in [3.8, 4) is 11.3 Å². The van der Waals surface area contributed by atoms with Gasteiger partial charge in [0.25, 0.3) is 0 Å². The van der Waals surface area contributed by atoms with Crippen molar-refractivity contribution in [1.82, 2.24) is 9.88 Å². The molecule has 3 aromatic rings. The molecule has 0 aliphatic carbocycles. The largest absolute Gasteiger partial charge is 0.356 e. The summed E-state index contributed by atoms with van der Waals surface area (Å²) < 4.78 is 26.0. The average Bonchev–Trinajstić information content (AvgIpc) is 3.09. The zero-order valence-electron chi connectivity index (χ0n) is 14.6. The molecule has 1 aromatic heterocycles. The maximum absolute atomic E-state index is 11.9. The number of nitrogens with two attached hydrogens (primary N) is 1. The predicted octanol–water partition coefficient (Wildman–Crippen LogP) is 2.65. The van der Waals surface area contributed by atoms with E-state index in [-0.39, 0.29) is 15.8 Å². The molecular formula is C19H18ClN3O3S. The van der Waals surface area contributed by atoms with E-state index in [0.29, 0.717) is 19.5 Å². The quantitative estimate of drug-likeness (QED) is 0.548. The number of hydrogen-bond acceptors (Lipinski definition) is 3. The molecule has 0 bridgehead atoms. The standard InChI is InChI=1S/C19H18ClN3O3S/c1-11(24)22-7-6-14-15-8-18(27(21,25)26)16(20)9-17(15)23-10-12-4-2-3-5-13(12)19(14)23/h2-5,8-9H,6-7,10H2,1H3,(H,22,24)(H2,21,25,26). The average molecular weight is 404 g/mol. The first-order valence-electron chi connectivity index (χ1n) is 8.47. The van der Waals surface area contributed by atoms with E-state index >= 15 is 0 Å². The van der Waals surface area contributed by atoms with E-state index in [1.54, 1.807) is 12.1 Å². The van der Waals surface area contributed by atoms with Gasteiger partial charge in [-0.15, -0.1) is 0 Å². The summed E-state index contributed by atoms with van der Waals surface area (Å²) in [7, 11) is -3.94. The van der Waals surface area contributed by atoms with Crippen LogP contribution in [0.15, 0.2) is 41.3 Å². The number of halogens is 1. The zero-order valence-corrected chi connectivity index (χ0v) is 16.2. The fraction of sp³-hybridized carbons (Fsp3) is 0.211. The number of hydrogen-bond donors (Lipinski definition) is 2. The summed E-state index contributed by atoms with van der Waals surface area (Å²) in [5.41, 5.74) is 5.18. The number of carbonyl (C=O) groups excluding carboxylic acids is 1. The van der Waals surface area contributed by atoms with Crippen LogP contribution in [0.3, 0.4) is 0 Å². The van der Waals surface area contributed by atoms with Gasteiger partial charge in [-0.3, -0.25) is 4.79 Å². The van der Waals surface area contributed by atoms with Crippen LogP contribution in [-0.2, 0) is 27.8 Å². The second-order valence-electron chi connectivity index (χ2n) is 6.65. The van der Waals surface area contributed by atoms with Gasteiger partial charge in [-0.2, -0.15) is 0 Å². The Hall–Kier alpha value is -2.35. The first kappa shape index (κ1) is 18.0. The van der Waals surface area contributed by atoms with E-state index in [0.717, 1.165) is 27.7 Å². The highest BCUT2D eigenvalue weighted by Gasteiger charge is 2.27. The van der Waals surface area contributed by atoms with Crippen LogP contribution in [0.1, 0.15) is 18.1 Å². The number of primary sulfonamides is 1. The molecule has 1 aliphatic rings. The van der Waals surface area contributed by atoms with E-state index < -0.39 is 10.0 Å². The monoisotopic (exact) mass is 403 g/mol. The molecule has 0 saturated carbocycles. The van der Waals surface area contributed by atoms with Crippen molar-refractivity contribution >= 4 is 38.4 Å². The lowest BCUT2D eigenvalue weighted by molar-refractivity contribution is -0.118. The van der Waals surface area contributed by atoms with Crippen LogP contribution in [0.2, 0.25) is 5.02 Å². The van der Waals surface area contributed by atoms with Crippen molar-refractivity contribution in [2.45, 2.75) is 24.8 Å². The minimum atomic E-state index is -3.94. The molecule has 0 radical (unpaired) electrons. The van der Waals surface area contributed by atoms with Crippen molar-refractivity contribution in [3.63, 3.8) is 0 Å². The first-order valence-corrected chi connectivity index (χ1v) is 10.4. The summed E-state index contributed by atoms with van der Waals surface area (Å²) >= 11 is 6.23. The Kier molecular flexibility index (Phi) is 4.25.